The van der Waals surface area contributed by atoms with E-state index in [1.54, 1.807) is 54.6 Å². The Kier molecular flexibility index (Phi) is 6.73. The zero-order chi connectivity index (χ0) is 21.3. The number of ether oxygens (including phenoxy) is 2. The predicted molar refractivity (Wildman–Crippen MR) is 112 cm³/mol. The average Bonchev–Trinajstić information content (AvgIpc) is 2.78. The molecule has 0 heterocycles. The molecule has 0 unspecified atom stereocenters. The van der Waals surface area contributed by atoms with E-state index < -0.39 is 4.92 Å². The lowest BCUT2D eigenvalue weighted by molar-refractivity contribution is -0.384. The molecule has 0 saturated heterocycles. The molecule has 3 rings (SSSR count). The molecule has 1 amide bonds. The van der Waals surface area contributed by atoms with Gasteiger partial charge in [-0.3, -0.25) is 14.9 Å². The summed E-state index contributed by atoms with van der Waals surface area (Å²) >= 11 is 0. The maximum Gasteiger partial charge on any atom is 0.275 e. The fraction of sp³-hybridized carbons (Fsp3) is 0.0909. The van der Waals surface area contributed by atoms with Crippen molar-refractivity contribution in [2.24, 2.45) is 5.10 Å². The van der Waals surface area contributed by atoms with Gasteiger partial charge in [0.15, 0.2) is 0 Å². The lowest BCUT2D eigenvalue weighted by Crippen LogP contribution is -2.18. The van der Waals surface area contributed by atoms with Gasteiger partial charge < -0.3 is 9.47 Å². The van der Waals surface area contributed by atoms with Crippen molar-refractivity contribution in [1.29, 1.82) is 0 Å². The Labute approximate surface area is 172 Å². The molecule has 0 aromatic heterocycles. The van der Waals surface area contributed by atoms with Crippen molar-refractivity contribution < 1.29 is 19.2 Å². The first-order chi connectivity index (χ1) is 14.6. The van der Waals surface area contributed by atoms with Crippen LogP contribution in [0.15, 0.2) is 77.9 Å². The number of nitrogens with zero attached hydrogens (tertiary/aromatic N) is 2. The maximum absolute atomic E-state index is 12.2. The van der Waals surface area contributed by atoms with Crippen LogP contribution in [-0.4, -0.2) is 24.2 Å². The second-order valence-corrected chi connectivity index (χ2v) is 6.18. The van der Waals surface area contributed by atoms with Gasteiger partial charge in [-0.1, -0.05) is 24.3 Å². The van der Waals surface area contributed by atoms with E-state index in [2.05, 4.69) is 10.5 Å². The molecule has 0 atom stereocenters. The average molecular weight is 405 g/mol. The number of non-ortho nitro benzene ring substituents is 1. The number of carbonyl (C=O) groups is 1. The summed E-state index contributed by atoms with van der Waals surface area (Å²) in [6, 6.07) is 20.2. The second-order valence-electron chi connectivity index (χ2n) is 6.18. The van der Waals surface area contributed by atoms with Crippen molar-refractivity contribution in [3.63, 3.8) is 0 Å². The quantitative estimate of drug-likeness (QED) is 0.347. The number of carbonyl (C=O) groups excluding carboxylic acids is 1. The van der Waals surface area contributed by atoms with Crippen molar-refractivity contribution >= 4 is 17.8 Å². The standard InChI is InChI=1S/C22H19N3O5/c1-29-21-8-3-2-7-20(21)22(26)24-23-14-17-5-4-6-19(13-17)30-15-16-9-11-18(12-10-16)25(27)28/h2-14H,15H2,1H3,(H,24,26)/b23-14-. The molecule has 0 radical (unpaired) electrons. The van der Waals surface area contributed by atoms with E-state index in [-0.39, 0.29) is 18.2 Å². The van der Waals surface area contributed by atoms with Crippen molar-refractivity contribution in [3.05, 3.63) is 99.6 Å². The van der Waals surface area contributed by atoms with Crippen LogP contribution in [0.25, 0.3) is 0 Å². The summed E-state index contributed by atoms with van der Waals surface area (Å²) in [7, 11) is 1.50. The SMILES string of the molecule is COc1ccccc1C(=O)N/N=C\c1cccc(OCc2ccc([N+](=O)[O-])cc2)c1. The number of rotatable bonds is 8. The van der Waals surface area contributed by atoms with Crippen LogP contribution in [0.5, 0.6) is 11.5 Å². The Morgan fingerprint density at radius 3 is 2.60 bits per heavy atom. The lowest BCUT2D eigenvalue weighted by Gasteiger charge is -2.07. The molecule has 0 aliphatic carbocycles. The summed E-state index contributed by atoms with van der Waals surface area (Å²) in [6.07, 6.45) is 1.51. The molecule has 0 fully saturated rings. The number of methoxy groups -OCH3 is 1. The molecule has 1 N–H and O–H groups in total. The van der Waals surface area contributed by atoms with E-state index in [1.807, 2.05) is 6.07 Å². The normalized spacial score (nSPS) is 10.6. The minimum absolute atomic E-state index is 0.0344. The predicted octanol–water partition coefficient (Wildman–Crippen LogP) is 3.95. The van der Waals surface area contributed by atoms with Gasteiger partial charge in [-0.15, -0.1) is 0 Å². The highest BCUT2D eigenvalue weighted by Crippen LogP contribution is 2.18. The van der Waals surface area contributed by atoms with Gasteiger partial charge in [-0.25, -0.2) is 5.43 Å². The van der Waals surface area contributed by atoms with Crippen LogP contribution in [0.3, 0.4) is 0 Å². The largest absolute Gasteiger partial charge is 0.496 e. The Morgan fingerprint density at radius 2 is 1.87 bits per heavy atom. The Bertz CT molecular complexity index is 1060. The molecule has 30 heavy (non-hydrogen) atoms. The van der Waals surface area contributed by atoms with Gasteiger partial charge in [0, 0.05) is 12.1 Å². The van der Waals surface area contributed by atoms with Crippen molar-refractivity contribution in [3.8, 4) is 11.5 Å². The van der Waals surface area contributed by atoms with Gasteiger partial charge in [-0.2, -0.15) is 5.10 Å². The van der Waals surface area contributed by atoms with Crippen LogP contribution in [0.2, 0.25) is 0 Å². The third-order valence-electron chi connectivity index (χ3n) is 4.14. The summed E-state index contributed by atoms with van der Waals surface area (Å²) in [6.45, 7) is 0.267. The van der Waals surface area contributed by atoms with E-state index in [1.165, 1.54) is 25.5 Å². The number of benzene rings is 3. The summed E-state index contributed by atoms with van der Waals surface area (Å²) in [5.74, 6) is 0.689. The minimum atomic E-state index is -0.444. The van der Waals surface area contributed by atoms with E-state index in [0.29, 0.717) is 17.1 Å². The minimum Gasteiger partial charge on any atom is -0.496 e. The summed E-state index contributed by atoms with van der Waals surface area (Å²) in [5, 5.41) is 14.7. The fourth-order valence-electron chi connectivity index (χ4n) is 2.62. The number of hydrogen-bond acceptors (Lipinski definition) is 6. The molecule has 152 valence electrons. The first kappa shape index (κ1) is 20.5. The molecule has 3 aromatic carbocycles. The van der Waals surface area contributed by atoms with Crippen LogP contribution in [0.1, 0.15) is 21.5 Å². The van der Waals surface area contributed by atoms with Gasteiger partial charge in [0.1, 0.15) is 18.1 Å². The molecule has 0 saturated carbocycles. The molecule has 0 bridgehead atoms. The third kappa shape index (κ3) is 5.41. The smallest absolute Gasteiger partial charge is 0.275 e. The Morgan fingerprint density at radius 1 is 1.10 bits per heavy atom. The number of para-hydroxylation sites is 1. The zero-order valence-electron chi connectivity index (χ0n) is 16.1. The van der Waals surface area contributed by atoms with E-state index in [9.17, 15) is 14.9 Å². The topological polar surface area (TPSA) is 103 Å². The van der Waals surface area contributed by atoms with Crippen LogP contribution >= 0.6 is 0 Å². The number of hydrogen-bond donors (Lipinski definition) is 1. The summed E-state index contributed by atoms with van der Waals surface area (Å²) < 4.78 is 10.9. The number of nitrogens with one attached hydrogen (secondary N) is 1. The van der Waals surface area contributed by atoms with Gasteiger partial charge in [0.25, 0.3) is 11.6 Å². The van der Waals surface area contributed by atoms with E-state index in [4.69, 9.17) is 9.47 Å². The first-order valence-electron chi connectivity index (χ1n) is 8.99. The summed E-state index contributed by atoms with van der Waals surface area (Å²) in [5.41, 5.74) is 4.43. The maximum atomic E-state index is 12.2. The Balaban J connectivity index is 1.58. The highest BCUT2D eigenvalue weighted by atomic mass is 16.6. The van der Waals surface area contributed by atoms with Gasteiger partial charge in [0.05, 0.1) is 23.8 Å². The monoisotopic (exact) mass is 405 g/mol. The van der Waals surface area contributed by atoms with Crippen LogP contribution in [0.4, 0.5) is 5.69 Å². The van der Waals surface area contributed by atoms with E-state index in [0.717, 1.165) is 11.1 Å². The molecular weight excluding hydrogens is 386 g/mol. The lowest BCUT2D eigenvalue weighted by atomic mass is 10.2. The molecule has 0 aliphatic rings. The fourth-order valence-corrected chi connectivity index (χ4v) is 2.62. The highest BCUT2D eigenvalue weighted by molar-refractivity contribution is 5.97. The van der Waals surface area contributed by atoms with Gasteiger partial charge >= 0.3 is 0 Å². The number of nitro benzene ring substituents is 1. The third-order valence-corrected chi connectivity index (χ3v) is 4.14. The number of nitro groups is 1. The number of amides is 1. The molecular formula is C22H19N3O5. The van der Waals surface area contributed by atoms with Crippen LogP contribution in [-0.2, 0) is 6.61 Å². The summed E-state index contributed by atoms with van der Waals surface area (Å²) in [4.78, 5) is 22.5. The van der Waals surface area contributed by atoms with Crippen LogP contribution in [0, 0.1) is 10.1 Å². The molecule has 8 nitrogen and oxygen atoms in total. The van der Waals surface area contributed by atoms with Crippen molar-refractivity contribution in [2.45, 2.75) is 6.61 Å². The van der Waals surface area contributed by atoms with Crippen molar-refractivity contribution in [1.82, 2.24) is 5.43 Å². The highest BCUT2D eigenvalue weighted by Gasteiger charge is 2.10. The number of hydrazone groups is 1. The molecule has 0 aliphatic heterocycles. The molecule has 0 spiro atoms. The zero-order valence-corrected chi connectivity index (χ0v) is 16.1. The molecule has 3 aromatic rings. The van der Waals surface area contributed by atoms with Gasteiger partial charge in [-0.05, 0) is 47.5 Å². The first-order valence-corrected chi connectivity index (χ1v) is 8.99. The second kappa shape index (κ2) is 9.83. The Hall–Kier alpha value is -4.20. The van der Waals surface area contributed by atoms with Crippen molar-refractivity contribution in [2.75, 3.05) is 7.11 Å². The van der Waals surface area contributed by atoms with Gasteiger partial charge in [0.2, 0.25) is 0 Å². The van der Waals surface area contributed by atoms with Crippen LogP contribution < -0.4 is 14.9 Å². The molecule has 8 heteroatoms. The van der Waals surface area contributed by atoms with E-state index >= 15 is 0 Å².